The highest BCUT2D eigenvalue weighted by atomic mass is 32.2. The fraction of sp³-hybridized carbons (Fsp3) is 0.238. The molecule has 0 saturated carbocycles. The molecule has 0 aliphatic carbocycles. The predicted octanol–water partition coefficient (Wildman–Crippen LogP) is 4.80. The molecule has 0 fully saturated rings. The number of aryl methyl sites for hydroxylation is 1. The Balaban J connectivity index is 1.63. The molecule has 0 atom stereocenters. The maximum atomic E-state index is 12.9. The molecule has 0 spiro atoms. The zero-order chi connectivity index (χ0) is 24.3. The Bertz CT molecular complexity index is 1370. The first-order valence-electron chi connectivity index (χ1n) is 10.2. The van der Waals surface area contributed by atoms with Gasteiger partial charge in [0.1, 0.15) is 5.00 Å². The summed E-state index contributed by atoms with van der Waals surface area (Å²) in [4.78, 5) is 0. The van der Waals surface area contributed by atoms with Crippen LogP contribution in [0.2, 0.25) is 0 Å². The van der Waals surface area contributed by atoms with Crippen LogP contribution in [0, 0.1) is 0 Å². The summed E-state index contributed by atoms with van der Waals surface area (Å²) in [6.07, 6.45) is 1.47. The minimum absolute atomic E-state index is 0.118. The molecule has 0 aliphatic heterocycles. The van der Waals surface area contributed by atoms with E-state index in [1.807, 2.05) is 55.5 Å². The first kappa shape index (κ1) is 23.8. The zero-order valence-corrected chi connectivity index (χ0v) is 19.4. The topological polar surface area (TPSA) is 114 Å². The van der Waals surface area contributed by atoms with Crippen LogP contribution in [0.5, 0.6) is 0 Å². The number of nitrogens with zero attached hydrogens (tertiary/aromatic N) is 4. The van der Waals surface area contributed by atoms with E-state index in [2.05, 4.69) is 25.0 Å². The SMILES string of the molecule is CCCc1nsc(NS(=O)(=O)C(F)(F)F)c1Cc1ccc(-c2ccccc2-c2nn[nH]n2)cc1. The smallest absolute Gasteiger partial charge is 0.265 e. The van der Waals surface area contributed by atoms with Crippen molar-refractivity contribution in [1.29, 1.82) is 0 Å². The van der Waals surface area contributed by atoms with Gasteiger partial charge in [-0.15, -0.1) is 10.2 Å². The van der Waals surface area contributed by atoms with Crippen molar-refractivity contribution in [2.24, 2.45) is 0 Å². The number of anilines is 1. The molecule has 0 radical (unpaired) electrons. The number of sulfonamides is 1. The number of tetrazole rings is 1. The number of alkyl halides is 3. The second-order valence-corrected chi connectivity index (χ2v) is 9.84. The van der Waals surface area contributed by atoms with Gasteiger partial charge in [0, 0.05) is 17.5 Å². The van der Waals surface area contributed by atoms with Gasteiger partial charge in [-0.25, -0.2) is 0 Å². The van der Waals surface area contributed by atoms with Crippen LogP contribution in [0.3, 0.4) is 0 Å². The molecule has 4 rings (SSSR count). The lowest BCUT2D eigenvalue weighted by Crippen LogP contribution is -2.30. The van der Waals surface area contributed by atoms with E-state index in [0.717, 1.165) is 22.3 Å². The average molecular weight is 509 g/mol. The third kappa shape index (κ3) is 4.94. The molecule has 2 N–H and O–H groups in total. The van der Waals surface area contributed by atoms with Gasteiger partial charge in [0.05, 0.1) is 5.69 Å². The second-order valence-electron chi connectivity index (χ2n) is 7.39. The maximum Gasteiger partial charge on any atom is 0.516 e. The van der Waals surface area contributed by atoms with Gasteiger partial charge >= 0.3 is 15.5 Å². The molecule has 34 heavy (non-hydrogen) atoms. The Morgan fingerprint density at radius 2 is 1.76 bits per heavy atom. The Hall–Kier alpha value is -3.32. The summed E-state index contributed by atoms with van der Waals surface area (Å²) in [6, 6.07) is 15.0. The highest BCUT2D eigenvalue weighted by Gasteiger charge is 2.46. The van der Waals surface area contributed by atoms with Crippen LogP contribution < -0.4 is 4.72 Å². The van der Waals surface area contributed by atoms with E-state index in [-0.39, 0.29) is 11.4 Å². The zero-order valence-electron chi connectivity index (χ0n) is 17.8. The molecular formula is C21H19F3N6O2S2. The van der Waals surface area contributed by atoms with Crippen LogP contribution in [-0.2, 0) is 22.9 Å². The van der Waals surface area contributed by atoms with E-state index < -0.39 is 15.5 Å². The largest absolute Gasteiger partial charge is 0.516 e. The quantitative estimate of drug-likeness (QED) is 0.354. The highest BCUT2D eigenvalue weighted by molar-refractivity contribution is 7.93. The van der Waals surface area contributed by atoms with E-state index in [9.17, 15) is 21.6 Å². The van der Waals surface area contributed by atoms with Gasteiger partial charge in [0.2, 0.25) is 5.82 Å². The van der Waals surface area contributed by atoms with E-state index in [0.29, 0.717) is 41.5 Å². The first-order valence-corrected chi connectivity index (χ1v) is 12.4. The number of aromatic amines is 1. The average Bonchev–Trinajstić information content (AvgIpc) is 3.45. The Kier molecular flexibility index (Phi) is 6.66. The molecule has 0 aliphatic rings. The van der Waals surface area contributed by atoms with Crippen molar-refractivity contribution >= 4 is 26.6 Å². The number of nitrogens with one attached hydrogen (secondary N) is 2. The van der Waals surface area contributed by atoms with Crippen molar-refractivity contribution in [3.05, 3.63) is 65.4 Å². The van der Waals surface area contributed by atoms with Crippen LogP contribution in [0.1, 0.15) is 30.2 Å². The van der Waals surface area contributed by atoms with Crippen molar-refractivity contribution in [1.82, 2.24) is 25.0 Å². The Morgan fingerprint density at radius 1 is 1.06 bits per heavy atom. The lowest BCUT2D eigenvalue weighted by molar-refractivity contribution is -0.0429. The van der Waals surface area contributed by atoms with Crippen molar-refractivity contribution in [3.8, 4) is 22.5 Å². The molecule has 178 valence electrons. The van der Waals surface area contributed by atoms with Gasteiger partial charge in [-0.2, -0.15) is 31.2 Å². The first-order chi connectivity index (χ1) is 16.2. The molecule has 0 amide bonds. The molecule has 2 aromatic carbocycles. The number of hydrogen-bond donors (Lipinski definition) is 2. The van der Waals surface area contributed by atoms with Crippen LogP contribution in [0.25, 0.3) is 22.5 Å². The number of rotatable bonds is 8. The number of aromatic nitrogens is 5. The molecule has 13 heteroatoms. The molecule has 4 aromatic rings. The van der Waals surface area contributed by atoms with Gasteiger partial charge in [-0.1, -0.05) is 61.9 Å². The van der Waals surface area contributed by atoms with E-state index in [1.165, 1.54) is 0 Å². The van der Waals surface area contributed by atoms with Gasteiger partial charge in [-0.3, -0.25) is 4.72 Å². The van der Waals surface area contributed by atoms with Crippen LogP contribution in [0.4, 0.5) is 18.2 Å². The summed E-state index contributed by atoms with van der Waals surface area (Å²) in [5.41, 5.74) is -1.02. The monoisotopic (exact) mass is 508 g/mol. The van der Waals surface area contributed by atoms with Gasteiger partial charge in [0.15, 0.2) is 0 Å². The molecule has 8 nitrogen and oxygen atoms in total. The lowest BCUT2D eigenvalue weighted by atomic mass is 9.96. The molecule has 0 bridgehead atoms. The van der Waals surface area contributed by atoms with Crippen LogP contribution in [0.15, 0.2) is 48.5 Å². The fourth-order valence-electron chi connectivity index (χ4n) is 3.43. The van der Waals surface area contributed by atoms with Gasteiger partial charge < -0.3 is 0 Å². The van der Waals surface area contributed by atoms with E-state index in [1.54, 1.807) is 4.72 Å². The van der Waals surface area contributed by atoms with Crippen molar-refractivity contribution in [2.75, 3.05) is 4.72 Å². The highest BCUT2D eigenvalue weighted by Crippen LogP contribution is 2.34. The second kappa shape index (κ2) is 9.50. The summed E-state index contributed by atoms with van der Waals surface area (Å²) in [5, 5.41) is 14.0. The molecular weight excluding hydrogens is 489 g/mol. The number of H-pyrrole nitrogens is 1. The number of benzene rings is 2. The lowest BCUT2D eigenvalue weighted by Gasteiger charge is -2.12. The van der Waals surface area contributed by atoms with Crippen molar-refractivity contribution in [2.45, 2.75) is 31.7 Å². The molecule has 2 heterocycles. The Labute approximate surface area is 197 Å². The van der Waals surface area contributed by atoms with Crippen molar-refractivity contribution in [3.63, 3.8) is 0 Å². The minimum atomic E-state index is -5.54. The normalized spacial score (nSPS) is 12.1. The Morgan fingerprint density at radius 3 is 2.38 bits per heavy atom. The van der Waals surface area contributed by atoms with Gasteiger partial charge in [-0.05, 0) is 39.9 Å². The third-order valence-corrected chi connectivity index (χ3v) is 7.10. The van der Waals surface area contributed by atoms with E-state index >= 15 is 0 Å². The summed E-state index contributed by atoms with van der Waals surface area (Å²) >= 11 is 0.716. The summed E-state index contributed by atoms with van der Waals surface area (Å²) < 4.78 is 67.8. The number of halogens is 3. The molecule has 0 unspecified atom stereocenters. The standard InChI is InChI=1S/C21H19F3N6O2S2/c1-2-5-18-17(20(33-27-18)28-34(31,32)21(22,23)24)12-13-8-10-14(11-9-13)15-6-3-4-7-16(15)19-25-29-30-26-19/h3-4,6-11,28H,2,5,12H2,1H3,(H,25,26,29,30). The number of hydrogen-bond acceptors (Lipinski definition) is 7. The maximum absolute atomic E-state index is 12.9. The van der Waals surface area contributed by atoms with Crippen molar-refractivity contribution < 1.29 is 21.6 Å². The summed E-state index contributed by atoms with van der Waals surface area (Å²) in [6.45, 7) is 1.92. The predicted molar refractivity (Wildman–Crippen MR) is 123 cm³/mol. The van der Waals surface area contributed by atoms with E-state index in [4.69, 9.17) is 0 Å². The minimum Gasteiger partial charge on any atom is -0.265 e. The molecule has 2 aromatic heterocycles. The van der Waals surface area contributed by atoms with Crippen LogP contribution >= 0.6 is 11.5 Å². The third-order valence-electron chi connectivity index (χ3n) is 5.05. The summed E-state index contributed by atoms with van der Waals surface area (Å²) in [5.74, 6) is 0.454. The fourth-order valence-corrected chi connectivity index (χ4v) is 5.09. The van der Waals surface area contributed by atoms with Crippen LogP contribution in [-0.4, -0.2) is 38.9 Å². The van der Waals surface area contributed by atoms with Gasteiger partial charge in [0.25, 0.3) is 0 Å². The molecule has 0 saturated heterocycles. The summed E-state index contributed by atoms with van der Waals surface area (Å²) in [7, 11) is -5.54.